The van der Waals surface area contributed by atoms with Crippen LogP contribution in [0.4, 0.5) is 0 Å². The van der Waals surface area contributed by atoms with Crippen molar-refractivity contribution < 1.29 is 14.3 Å². The Balaban J connectivity index is 2.34. The Hall–Kier alpha value is -1.73. The molecule has 7 heteroatoms. The van der Waals surface area contributed by atoms with E-state index in [9.17, 15) is 9.59 Å². The Morgan fingerprint density at radius 1 is 1.50 bits per heavy atom. The summed E-state index contributed by atoms with van der Waals surface area (Å²) in [6.45, 7) is 2.59. The summed E-state index contributed by atoms with van der Waals surface area (Å²) in [4.78, 5) is 23.4. The van der Waals surface area contributed by atoms with Crippen molar-refractivity contribution in [2.45, 2.75) is 6.92 Å². The van der Waals surface area contributed by atoms with Crippen LogP contribution in [-0.4, -0.2) is 38.3 Å². The maximum atomic E-state index is 11.3. The second kappa shape index (κ2) is 7.57. The SMILES string of the molecule is COCCNC(=O)C(=O)N/N=C/c1sccc1C. The van der Waals surface area contributed by atoms with Crippen molar-refractivity contribution in [3.8, 4) is 0 Å². The normalized spacial score (nSPS) is 10.6. The van der Waals surface area contributed by atoms with Gasteiger partial charge in [0.2, 0.25) is 0 Å². The molecule has 0 bridgehead atoms. The molecular formula is C11H15N3O3S. The molecule has 0 saturated heterocycles. The Morgan fingerprint density at radius 2 is 2.28 bits per heavy atom. The van der Waals surface area contributed by atoms with Crippen LogP contribution in [0.25, 0.3) is 0 Å². The highest BCUT2D eigenvalue weighted by molar-refractivity contribution is 7.11. The van der Waals surface area contributed by atoms with Crippen molar-refractivity contribution >= 4 is 29.4 Å². The van der Waals surface area contributed by atoms with Gasteiger partial charge in [-0.1, -0.05) is 0 Å². The van der Waals surface area contributed by atoms with E-state index in [0.29, 0.717) is 6.61 Å². The van der Waals surface area contributed by atoms with Crippen LogP contribution < -0.4 is 10.7 Å². The van der Waals surface area contributed by atoms with E-state index in [2.05, 4.69) is 15.8 Å². The van der Waals surface area contributed by atoms with Crippen LogP contribution in [0.5, 0.6) is 0 Å². The third kappa shape index (κ3) is 4.64. The summed E-state index contributed by atoms with van der Waals surface area (Å²) in [6, 6.07) is 1.95. The minimum Gasteiger partial charge on any atom is -0.383 e. The average Bonchev–Trinajstić information content (AvgIpc) is 2.75. The number of hydrazone groups is 1. The third-order valence-electron chi connectivity index (χ3n) is 2.05. The van der Waals surface area contributed by atoms with Crippen molar-refractivity contribution in [1.82, 2.24) is 10.7 Å². The molecule has 0 aliphatic rings. The van der Waals surface area contributed by atoms with Crippen molar-refractivity contribution in [1.29, 1.82) is 0 Å². The molecule has 0 aliphatic heterocycles. The van der Waals surface area contributed by atoms with Gasteiger partial charge >= 0.3 is 11.8 Å². The molecule has 0 fully saturated rings. The standard InChI is InChI=1S/C11H15N3O3S/c1-8-3-6-18-9(8)7-13-14-11(16)10(15)12-4-5-17-2/h3,6-7H,4-5H2,1-2H3,(H,12,15)(H,14,16)/b13-7+. The fourth-order valence-corrected chi connectivity index (χ4v) is 1.85. The van der Waals surface area contributed by atoms with E-state index in [4.69, 9.17) is 4.74 Å². The summed E-state index contributed by atoms with van der Waals surface area (Å²) >= 11 is 1.51. The number of methoxy groups -OCH3 is 1. The first-order valence-electron chi connectivity index (χ1n) is 5.29. The van der Waals surface area contributed by atoms with Gasteiger partial charge in [0.15, 0.2) is 0 Å². The van der Waals surface area contributed by atoms with Gasteiger partial charge in [-0.05, 0) is 23.9 Å². The van der Waals surface area contributed by atoms with E-state index in [1.807, 2.05) is 18.4 Å². The predicted molar refractivity (Wildman–Crippen MR) is 69.7 cm³/mol. The highest BCUT2D eigenvalue weighted by Crippen LogP contribution is 2.12. The smallest absolute Gasteiger partial charge is 0.329 e. The van der Waals surface area contributed by atoms with Crippen LogP contribution in [0.2, 0.25) is 0 Å². The Bertz CT molecular complexity index is 442. The lowest BCUT2D eigenvalue weighted by Crippen LogP contribution is -2.39. The van der Waals surface area contributed by atoms with Gasteiger partial charge in [0.25, 0.3) is 0 Å². The molecule has 0 aromatic carbocycles. The molecule has 98 valence electrons. The largest absolute Gasteiger partial charge is 0.383 e. The Morgan fingerprint density at radius 3 is 2.89 bits per heavy atom. The quantitative estimate of drug-likeness (QED) is 0.348. The van der Waals surface area contributed by atoms with Gasteiger partial charge in [0.05, 0.1) is 12.8 Å². The van der Waals surface area contributed by atoms with E-state index in [1.165, 1.54) is 24.7 Å². The Kier molecular flexibility index (Phi) is 6.03. The number of amides is 2. The number of rotatable bonds is 5. The number of nitrogens with one attached hydrogen (secondary N) is 2. The minimum atomic E-state index is -0.795. The van der Waals surface area contributed by atoms with E-state index in [-0.39, 0.29) is 6.54 Å². The summed E-state index contributed by atoms with van der Waals surface area (Å²) in [5.74, 6) is -1.52. The van der Waals surface area contributed by atoms with E-state index in [0.717, 1.165) is 10.4 Å². The van der Waals surface area contributed by atoms with Crippen LogP contribution in [0.15, 0.2) is 16.5 Å². The highest BCUT2D eigenvalue weighted by Gasteiger charge is 2.11. The number of thiophene rings is 1. The molecule has 6 nitrogen and oxygen atoms in total. The summed E-state index contributed by atoms with van der Waals surface area (Å²) in [5, 5.41) is 8.04. The molecule has 2 N–H and O–H groups in total. The lowest BCUT2D eigenvalue weighted by Gasteiger charge is -2.02. The molecule has 0 spiro atoms. The topological polar surface area (TPSA) is 79.8 Å². The van der Waals surface area contributed by atoms with Gasteiger partial charge in [0.1, 0.15) is 0 Å². The number of aryl methyl sites for hydroxylation is 1. The van der Waals surface area contributed by atoms with Crippen molar-refractivity contribution in [3.63, 3.8) is 0 Å². The van der Waals surface area contributed by atoms with E-state index >= 15 is 0 Å². The van der Waals surface area contributed by atoms with E-state index < -0.39 is 11.8 Å². The van der Waals surface area contributed by atoms with Crippen molar-refractivity contribution in [2.75, 3.05) is 20.3 Å². The van der Waals surface area contributed by atoms with Gasteiger partial charge in [-0.2, -0.15) is 5.10 Å². The van der Waals surface area contributed by atoms with Crippen molar-refractivity contribution in [2.24, 2.45) is 5.10 Å². The fraction of sp³-hybridized carbons (Fsp3) is 0.364. The van der Waals surface area contributed by atoms with Gasteiger partial charge in [0, 0.05) is 18.5 Å². The molecule has 1 rings (SSSR count). The highest BCUT2D eigenvalue weighted by atomic mass is 32.1. The lowest BCUT2D eigenvalue weighted by atomic mass is 10.3. The second-order valence-electron chi connectivity index (χ2n) is 3.42. The number of nitrogens with zero attached hydrogens (tertiary/aromatic N) is 1. The average molecular weight is 269 g/mol. The van der Waals surface area contributed by atoms with Crippen LogP contribution in [0.1, 0.15) is 10.4 Å². The molecule has 1 aromatic rings. The lowest BCUT2D eigenvalue weighted by molar-refractivity contribution is -0.139. The molecule has 0 unspecified atom stereocenters. The zero-order valence-corrected chi connectivity index (χ0v) is 11.0. The first kappa shape index (κ1) is 14.3. The maximum Gasteiger partial charge on any atom is 0.329 e. The third-order valence-corrected chi connectivity index (χ3v) is 3.00. The van der Waals surface area contributed by atoms with Gasteiger partial charge in [-0.25, -0.2) is 5.43 Å². The Labute approximate surface area is 109 Å². The molecule has 0 atom stereocenters. The number of hydrogen-bond donors (Lipinski definition) is 2. The molecule has 0 radical (unpaired) electrons. The van der Waals surface area contributed by atoms with Gasteiger partial charge in [-0.15, -0.1) is 11.3 Å². The maximum absolute atomic E-state index is 11.3. The van der Waals surface area contributed by atoms with Crippen LogP contribution in [0, 0.1) is 6.92 Å². The van der Waals surface area contributed by atoms with Gasteiger partial charge in [-0.3, -0.25) is 9.59 Å². The molecule has 2 amide bonds. The minimum absolute atomic E-state index is 0.288. The zero-order valence-electron chi connectivity index (χ0n) is 10.2. The monoisotopic (exact) mass is 269 g/mol. The number of carbonyl (C=O) groups is 2. The zero-order chi connectivity index (χ0) is 13.4. The van der Waals surface area contributed by atoms with Crippen LogP contribution in [-0.2, 0) is 14.3 Å². The molecule has 18 heavy (non-hydrogen) atoms. The summed E-state index contributed by atoms with van der Waals surface area (Å²) in [5.41, 5.74) is 3.23. The number of carbonyl (C=O) groups excluding carboxylic acids is 2. The number of ether oxygens (including phenoxy) is 1. The van der Waals surface area contributed by atoms with E-state index in [1.54, 1.807) is 0 Å². The summed E-state index contributed by atoms with van der Waals surface area (Å²) in [6.07, 6.45) is 1.51. The second-order valence-corrected chi connectivity index (χ2v) is 4.36. The fourth-order valence-electron chi connectivity index (χ4n) is 1.06. The molecule has 0 saturated carbocycles. The van der Waals surface area contributed by atoms with Crippen LogP contribution >= 0.6 is 11.3 Å². The molecule has 1 aromatic heterocycles. The first-order valence-corrected chi connectivity index (χ1v) is 6.17. The summed E-state index contributed by atoms with van der Waals surface area (Å²) in [7, 11) is 1.51. The first-order chi connectivity index (χ1) is 8.65. The molecular weight excluding hydrogens is 254 g/mol. The summed E-state index contributed by atoms with van der Waals surface area (Å²) < 4.78 is 4.74. The van der Waals surface area contributed by atoms with Gasteiger partial charge < -0.3 is 10.1 Å². The molecule has 0 aliphatic carbocycles. The molecule has 1 heterocycles. The van der Waals surface area contributed by atoms with Crippen molar-refractivity contribution in [3.05, 3.63) is 21.9 Å². The van der Waals surface area contributed by atoms with Crippen LogP contribution in [0.3, 0.4) is 0 Å². The number of hydrogen-bond acceptors (Lipinski definition) is 5. The predicted octanol–water partition coefficient (Wildman–Crippen LogP) is 0.269.